The van der Waals surface area contributed by atoms with E-state index >= 15 is 0 Å². The van der Waals surface area contributed by atoms with E-state index in [1.807, 2.05) is 0 Å². The second-order valence-corrected chi connectivity index (χ2v) is 4.47. The van der Waals surface area contributed by atoms with Crippen LogP contribution < -0.4 is 4.90 Å². The van der Waals surface area contributed by atoms with Crippen LogP contribution in [0.15, 0.2) is 12.3 Å². The van der Waals surface area contributed by atoms with Crippen molar-refractivity contribution in [2.45, 2.75) is 6.42 Å². The Kier molecular flexibility index (Phi) is 3.49. The number of nitrogens with zero attached hydrogens (tertiary/aromatic N) is 2. The number of carbonyl (C=O) groups excluding carboxylic acids is 1. The number of rotatable bonds is 3. The van der Waals surface area contributed by atoms with Crippen molar-refractivity contribution in [1.29, 1.82) is 0 Å². The molecule has 96 valence electrons. The van der Waals surface area contributed by atoms with Crippen LogP contribution in [0.2, 0.25) is 5.15 Å². The lowest BCUT2D eigenvalue weighted by Gasteiger charge is -2.18. The number of amides is 1. The van der Waals surface area contributed by atoms with Gasteiger partial charge in [0.1, 0.15) is 5.15 Å². The first-order chi connectivity index (χ1) is 8.52. The van der Waals surface area contributed by atoms with Crippen LogP contribution in [0, 0.1) is 5.92 Å². The maximum Gasteiger partial charge on any atom is 0.337 e. The standard InChI is InChI=1S/C11H11ClN2O4/c12-9-2-7(11(17)18)8(3-13-9)14-4-6(5-15)1-10(14)16/h2-3,6,15H,1,4-5H2,(H,17,18). The summed E-state index contributed by atoms with van der Waals surface area (Å²) in [7, 11) is 0. The molecule has 2 rings (SSSR count). The van der Waals surface area contributed by atoms with E-state index in [2.05, 4.69) is 4.98 Å². The number of aliphatic hydroxyl groups excluding tert-OH is 1. The molecule has 1 aromatic heterocycles. The molecule has 6 nitrogen and oxygen atoms in total. The summed E-state index contributed by atoms with van der Waals surface area (Å²) in [6.45, 7) is 0.185. The summed E-state index contributed by atoms with van der Waals surface area (Å²) in [5.74, 6) is -1.56. The number of halogens is 1. The first-order valence-electron chi connectivity index (χ1n) is 5.33. The van der Waals surface area contributed by atoms with Gasteiger partial charge in [-0.2, -0.15) is 0 Å². The van der Waals surface area contributed by atoms with Gasteiger partial charge in [-0.05, 0) is 6.07 Å². The summed E-state index contributed by atoms with van der Waals surface area (Å²) < 4.78 is 0. The largest absolute Gasteiger partial charge is 0.478 e. The minimum atomic E-state index is -1.17. The predicted molar refractivity (Wildman–Crippen MR) is 63.8 cm³/mol. The molecule has 1 aliphatic heterocycles. The van der Waals surface area contributed by atoms with Crippen molar-refractivity contribution in [3.8, 4) is 0 Å². The van der Waals surface area contributed by atoms with Gasteiger partial charge >= 0.3 is 5.97 Å². The van der Waals surface area contributed by atoms with Gasteiger partial charge in [0.25, 0.3) is 0 Å². The van der Waals surface area contributed by atoms with E-state index in [1.165, 1.54) is 17.2 Å². The van der Waals surface area contributed by atoms with Gasteiger partial charge in [0.2, 0.25) is 5.91 Å². The Hall–Kier alpha value is -1.66. The molecular formula is C11H11ClN2O4. The molecule has 2 heterocycles. The normalized spacial score (nSPS) is 19.3. The van der Waals surface area contributed by atoms with Crippen LogP contribution in [0.4, 0.5) is 5.69 Å². The molecule has 1 amide bonds. The molecular weight excluding hydrogens is 260 g/mol. The number of aromatic nitrogens is 1. The van der Waals surface area contributed by atoms with Gasteiger partial charge < -0.3 is 15.1 Å². The Morgan fingerprint density at radius 3 is 2.89 bits per heavy atom. The third-order valence-corrected chi connectivity index (χ3v) is 3.04. The van der Waals surface area contributed by atoms with Crippen molar-refractivity contribution in [1.82, 2.24) is 4.98 Å². The molecule has 7 heteroatoms. The van der Waals surface area contributed by atoms with Crippen molar-refractivity contribution in [2.24, 2.45) is 5.92 Å². The number of carboxylic acid groups (broad SMARTS) is 1. The monoisotopic (exact) mass is 270 g/mol. The molecule has 1 atom stereocenters. The van der Waals surface area contributed by atoms with Crippen LogP contribution in [0.3, 0.4) is 0 Å². The van der Waals surface area contributed by atoms with Gasteiger partial charge in [-0.3, -0.25) is 4.79 Å². The third-order valence-electron chi connectivity index (χ3n) is 2.83. The van der Waals surface area contributed by atoms with E-state index in [-0.39, 0.29) is 41.3 Å². The molecule has 1 aliphatic rings. The van der Waals surface area contributed by atoms with Crippen LogP contribution in [-0.2, 0) is 4.79 Å². The zero-order valence-corrected chi connectivity index (χ0v) is 10.1. The van der Waals surface area contributed by atoms with Crippen LogP contribution >= 0.6 is 11.6 Å². The molecule has 1 saturated heterocycles. The minimum absolute atomic E-state index is 0.0569. The van der Waals surface area contributed by atoms with Crippen LogP contribution in [0.5, 0.6) is 0 Å². The highest BCUT2D eigenvalue weighted by atomic mass is 35.5. The fourth-order valence-electron chi connectivity index (χ4n) is 1.95. The van der Waals surface area contributed by atoms with Crippen molar-refractivity contribution in [3.05, 3.63) is 23.0 Å². The zero-order valence-electron chi connectivity index (χ0n) is 9.34. The van der Waals surface area contributed by atoms with Gasteiger partial charge in [-0.25, -0.2) is 9.78 Å². The van der Waals surface area contributed by atoms with E-state index in [0.717, 1.165) is 0 Å². The molecule has 0 saturated carbocycles. The Labute approximate surface area is 108 Å². The van der Waals surface area contributed by atoms with Gasteiger partial charge in [0.15, 0.2) is 0 Å². The summed E-state index contributed by atoms with van der Waals surface area (Å²) in [6.07, 6.45) is 1.47. The number of carboxylic acids is 1. The number of hydrogen-bond acceptors (Lipinski definition) is 4. The fourth-order valence-corrected chi connectivity index (χ4v) is 2.10. The van der Waals surface area contributed by atoms with Gasteiger partial charge in [-0.1, -0.05) is 11.6 Å². The number of hydrogen-bond donors (Lipinski definition) is 2. The van der Waals surface area contributed by atoms with Crippen LogP contribution in [0.1, 0.15) is 16.8 Å². The van der Waals surface area contributed by atoms with Crippen molar-refractivity contribution >= 4 is 29.2 Å². The lowest BCUT2D eigenvalue weighted by atomic mass is 10.1. The highest BCUT2D eigenvalue weighted by molar-refractivity contribution is 6.29. The Morgan fingerprint density at radius 2 is 2.33 bits per heavy atom. The van der Waals surface area contributed by atoms with Crippen LogP contribution in [-0.4, -0.2) is 40.2 Å². The first-order valence-corrected chi connectivity index (χ1v) is 5.70. The highest BCUT2D eigenvalue weighted by Crippen LogP contribution is 2.28. The summed E-state index contributed by atoms with van der Waals surface area (Å²) in [6, 6.07) is 1.21. The summed E-state index contributed by atoms with van der Waals surface area (Å²) in [5.41, 5.74) is 0.148. The number of aliphatic hydroxyl groups is 1. The summed E-state index contributed by atoms with van der Waals surface area (Å²) in [4.78, 5) is 28.0. The number of carbonyl (C=O) groups is 2. The molecule has 0 aliphatic carbocycles. The predicted octanol–water partition coefficient (Wildman–Crippen LogP) is 0.778. The van der Waals surface area contributed by atoms with Crippen molar-refractivity contribution in [2.75, 3.05) is 18.1 Å². The molecule has 0 bridgehead atoms. The van der Waals surface area contributed by atoms with E-state index in [1.54, 1.807) is 0 Å². The molecule has 0 aromatic carbocycles. The van der Waals surface area contributed by atoms with E-state index in [0.29, 0.717) is 6.54 Å². The summed E-state index contributed by atoms with van der Waals surface area (Å²) >= 11 is 5.64. The lowest BCUT2D eigenvalue weighted by Crippen LogP contribution is -2.27. The fraction of sp³-hybridized carbons (Fsp3) is 0.364. The Bertz CT molecular complexity index is 506. The molecule has 0 radical (unpaired) electrons. The Balaban J connectivity index is 2.39. The van der Waals surface area contributed by atoms with E-state index < -0.39 is 5.97 Å². The highest BCUT2D eigenvalue weighted by Gasteiger charge is 2.32. The van der Waals surface area contributed by atoms with Gasteiger partial charge in [0.05, 0.1) is 17.4 Å². The van der Waals surface area contributed by atoms with E-state index in [9.17, 15) is 9.59 Å². The second-order valence-electron chi connectivity index (χ2n) is 4.09. The maximum atomic E-state index is 11.8. The Morgan fingerprint density at radius 1 is 1.61 bits per heavy atom. The molecule has 1 aromatic rings. The topological polar surface area (TPSA) is 90.7 Å². The molecule has 1 unspecified atom stereocenters. The summed E-state index contributed by atoms with van der Waals surface area (Å²) in [5, 5.41) is 18.2. The quantitative estimate of drug-likeness (QED) is 0.792. The minimum Gasteiger partial charge on any atom is -0.478 e. The number of anilines is 1. The maximum absolute atomic E-state index is 11.8. The second kappa shape index (κ2) is 4.91. The SMILES string of the molecule is O=C(O)c1cc(Cl)ncc1N1CC(CO)CC1=O. The average Bonchev–Trinajstić information content (AvgIpc) is 2.70. The number of pyridine rings is 1. The molecule has 18 heavy (non-hydrogen) atoms. The van der Waals surface area contributed by atoms with Crippen molar-refractivity contribution < 1.29 is 19.8 Å². The lowest BCUT2D eigenvalue weighted by molar-refractivity contribution is -0.117. The average molecular weight is 271 g/mol. The molecule has 2 N–H and O–H groups in total. The molecule has 1 fully saturated rings. The van der Waals surface area contributed by atoms with Crippen LogP contribution in [0.25, 0.3) is 0 Å². The smallest absolute Gasteiger partial charge is 0.337 e. The van der Waals surface area contributed by atoms with Gasteiger partial charge in [0, 0.05) is 25.5 Å². The first kappa shape index (κ1) is 12.8. The number of aromatic carboxylic acids is 1. The molecule has 0 spiro atoms. The van der Waals surface area contributed by atoms with Gasteiger partial charge in [-0.15, -0.1) is 0 Å². The van der Waals surface area contributed by atoms with E-state index in [4.69, 9.17) is 21.8 Å². The van der Waals surface area contributed by atoms with Crippen molar-refractivity contribution in [3.63, 3.8) is 0 Å². The third kappa shape index (κ3) is 2.30. The zero-order chi connectivity index (χ0) is 13.3.